The number of likely N-dealkylation sites (N-methyl/N-ethyl adjacent to an activating group) is 1. The van der Waals surface area contributed by atoms with Gasteiger partial charge in [0.2, 0.25) is 0 Å². The fourth-order valence-electron chi connectivity index (χ4n) is 2.80. The minimum atomic E-state index is 0.539. The van der Waals surface area contributed by atoms with E-state index in [4.69, 9.17) is 21.1 Å². The molecule has 0 amide bonds. The van der Waals surface area contributed by atoms with Gasteiger partial charge in [-0.1, -0.05) is 24.3 Å². The van der Waals surface area contributed by atoms with Crippen molar-refractivity contribution in [2.24, 2.45) is 0 Å². The number of benzene rings is 2. The maximum Gasteiger partial charge on any atom is 0.0701 e. The van der Waals surface area contributed by atoms with Crippen molar-refractivity contribution in [3.05, 3.63) is 59.7 Å². The first-order valence-electron chi connectivity index (χ1n) is 10.4. The third-order valence-corrected chi connectivity index (χ3v) is 4.40. The second-order valence-corrected chi connectivity index (χ2v) is 7.11. The molecule has 1 N–H and O–H groups in total. The summed E-state index contributed by atoms with van der Waals surface area (Å²) in [7, 11) is 0. The first-order chi connectivity index (χ1) is 14.1. The molecule has 0 aliphatic carbocycles. The summed E-state index contributed by atoms with van der Waals surface area (Å²) in [5.41, 5.74) is 5.05. The number of nitrogens with one attached hydrogen (secondary N) is 1. The number of hydrogen-bond donors (Lipinski definition) is 1. The van der Waals surface area contributed by atoms with Crippen LogP contribution < -0.4 is 10.2 Å². The molecule has 0 unspecified atom stereocenters. The van der Waals surface area contributed by atoms with Gasteiger partial charge in [0.15, 0.2) is 0 Å². The number of rotatable bonds is 12. The monoisotopic (exact) mass is 420 g/mol. The molecule has 0 saturated carbocycles. The molecule has 5 heteroatoms. The number of ether oxygens (including phenoxy) is 2. The van der Waals surface area contributed by atoms with Gasteiger partial charge in [0.05, 0.1) is 26.4 Å². The molecule has 0 fully saturated rings. The van der Waals surface area contributed by atoms with Crippen molar-refractivity contribution in [2.45, 2.75) is 27.7 Å². The molecule has 0 aliphatic rings. The fourth-order valence-corrected chi connectivity index (χ4v) is 2.91. The Hall–Kier alpha value is -1.75. The van der Waals surface area contributed by atoms with Crippen LogP contribution in [0, 0.1) is 13.8 Å². The molecule has 2 aromatic rings. The SMILES string of the molecule is CCN(CCOCCOCCCl)c1cccc(C)c1.CCNc1cccc(C)c1. The Labute approximate surface area is 182 Å². The molecule has 0 aromatic heterocycles. The molecule has 162 valence electrons. The van der Waals surface area contributed by atoms with E-state index < -0.39 is 0 Å². The van der Waals surface area contributed by atoms with Gasteiger partial charge in [-0.3, -0.25) is 0 Å². The van der Waals surface area contributed by atoms with Gasteiger partial charge in [-0.2, -0.15) is 0 Å². The lowest BCUT2D eigenvalue weighted by atomic mass is 10.2. The molecular weight excluding hydrogens is 384 g/mol. The summed E-state index contributed by atoms with van der Waals surface area (Å²) in [6.07, 6.45) is 0. The van der Waals surface area contributed by atoms with Crippen molar-refractivity contribution in [3.8, 4) is 0 Å². The summed E-state index contributed by atoms with van der Waals surface area (Å²) >= 11 is 5.51. The number of hydrogen-bond acceptors (Lipinski definition) is 4. The summed E-state index contributed by atoms with van der Waals surface area (Å²) < 4.78 is 10.8. The highest BCUT2D eigenvalue weighted by atomic mass is 35.5. The van der Waals surface area contributed by atoms with E-state index in [1.54, 1.807) is 0 Å². The Morgan fingerprint density at radius 1 is 0.862 bits per heavy atom. The molecule has 2 rings (SSSR count). The van der Waals surface area contributed by atoms with Crippen LogP contribution in [0.15, 0.2) is 48.5 Å². The molecule has 29 heavy (non-hydrogen) atoms. The quantitative estimate of drug-likeness (QED) is 0.362. The van der Waals surface area contributed by atoms with Crippen LogP contribution in [0.5, 0.6) is 0 Å². The van der Waals surface area contributed by atoms with Crippen LogP contribution >= 0.6 is 11.6 Å². The van der Waals surface area contributed by atoms with Crippen molar-refractivity contribution in [1.29, 1.82) is 0 Å². The number of anilines is 2. The molecule has 2 aromatic carbocycles. The van der Waals surface area contributed by atoms with E-state index in [0.717, 1.165) is 19.6 Å². The topological polar surface area (TPSA) is 33.7 Å². The number of nitrogens with zero attached hydrogens (tertiary/aromatic N) is 1. The van der Waals surface area contributed by atoms with Crippen molar-refractivity contribution >= 4 is 23.0 Å². The number of aryl methyl sites for hydroxylation is 2. The van der Waals surface area contributed by atoms with E-state index in [2.05, 4.69) is 86.4 Å². The maximum atomic E-state index is 5.55. The van der Waals surface area contributed by atoms with Crippen LogP contribution in [0.2, 0.25) is 0 Å². The van der Waals surface area contributed by atoms with Crippen LogP contribution in [0.3, 0.4) is 0 Å². The third-order valence-electron chi connectivity index (χ3n) is 4.25. The minimum absolute atomic E-state index is 0.539. The molecule has 0 heterocycles. The molecule has 0 saturated heterocycles. The first kappa shape index (κ1) is 25.3. The average Bonchev–Trinajstić information content (AvgIpc) is 2.71. The van der Waals surface area contributed by atoms with E-state index in [-0.39, 0.29) is 0 Å². The summed E-state index contributed by atoms with van der Waals surface area (Å²) in [6, 6.07) is 16.9. The van der Waals surface area contributed by atoms with Gasteiger partial charge in [-0.15, -0.1) is 11.6 Å². The second-order valence-electron chi connectivity index (χ2n) is 6.73. The standard InChI is InChI=1S/C15H24ClNO2.C9H13N/c1-3-17(15-6-4-5-14(2)13-15)8-10-19-12-11-18-9-7-16;1-3-10-9-6-4-5-8(2)7-9/h4-6,13H,3,7-12H2,1-2H3;4-7,10H,3H2,1-2H3. The highest BCUT2D eigenvalue weighted by Gasteiger charge is 2.03. The number of halogens is 1. The highest BCUT2D eigenvalue weighted by molar-refractivity contribution is 6.17. The lowest BCUT2D eigenvalue weighted by Gasteiger charge is -2.23. The Morgan fingerprint density at radius 3 is 2.10 bits per heavy atom. The number of alkyl halides is 1. The van der Waals surface area contributed by atoms with E-state index in [0.29, 0.717) is 32.3 Å². The van der Waals surface area contributed by atoms with Gasteiger partial charge < -0.3 is 19.7 Å². The average molecular weight is 421 g/mol. The summed E-state index contributed by atoms with van der Waals surface area (Å²) in [6.45, 7) is 13.9. The Kier molecular flexibility index (Phi) is 14.0. The minimum Gasteiger partial charge on any atom is -0.385 e. The molecule has 0 aliphatic heterocycles. The van der Waals surface area contributed by atoms with Crippen molar-refractivity contribution in [2.75, 3.05) is 62.2 Å². The van der Waals surface area contributed by atoms with Gasteiger partial charge in [-0.05, 0) is 63.1 Å². The van der Waals surface area contributed by atoms with Crippen LogP contribution in [0.1, 0.15) is 25.0 Å². The summed E-state index contributed by atoms with van der Waals surface area (Å²) in [5.74, 6) is 0.539. The van der Waals surface area contributed by atoms with Gasteiger partial charge >= 0.3 is 0 Å². The lowest BCUT2D eigenvalue weighted by molar-refractivity contribution is 0.0563. The molecule has 4 nitrogen and oxygen atoms in total. The van der Waals surface area contributed by atoms with Gasteiger partial charge in [-0.25, -0.2) is 0 Å². The van der Waals surface area contributed by atoms with Crippen LogP contribution in [-0.4, -0.2) is 51.9 Å². The molecule has 0 atom stereocenters. The third kappa shape index (κ3) is 11.7. The van der Waals surface area contributed by atoms with E-state index in [1.807, 2.05) is 0 Å². The molecule has 0 bridgehead atoms. The maximum absolute atomic E-state index is 5.55. The largest absolute Gasteiger partial charge is 0.385 e. The fraction of sp³-hybridized carbons (Fsp3) is 0.500. The Balaban J connectivity index is 0.000000352. The van der Waals surface area contributed by atoms with Crippen molar-refractivity contribution in [1.82, 2.24) is 0 Å². The smallest absolute Gasteiger partial charge is 0.0701 e. The second kappa shape index (κ2) is 16.1. The zero-order valence-electron chi connectivity index (χ0n) is 18.4. The van der Waals surface area contributed by atoms with E-state index in [9.17, 15) is 0 Å². The van der Waals surface area contributed by atoms with Crippen molar-refractivity contribution < 1.29 is 9.47 Å². The normalized spacial score (nSPS) is 10.2. The molecule has 0 spiro atoms. The van der Waals surface area contributed by atoms with Crippen LogP contribution in [-0.2, 0) is 9.47 Å². The van der Waals surface area contributed by atoms with Gasteiger partial charge in [0, 0.05) is 36.9 Å². The summed E-state index contributed by atoms with van der Waals surface area (Å²) in [5, 5.41) is 3.25. The highest BCUT2D eigenvalue weighted by Crippen LogP contribution is 2.15. The van der Waals surface area contributed by atoms with E-state index in [1.165, 1.54) is 22.5 Å². The lowest BCUT2D eigenvalue weighted by Crippen LogP contribution is -2.27. The van der Waals surface area contributed by atoms with Crippen molar-refractivity contribution in [3.63, 3.8) is 0 Å². The Bertz CT molecular complexity index is 667. The zero-order valence-corrected chi connectivity index (χ0v) is 19.2. The van der Waals surface area contributed by atoms with Gasteiger partial charge in [0.1, 0.15) is 0 Å². The summed E-state index contributed by atoms with van der Waals surface area (Å²) in [4.78, 5) is 2.31. The van der Waals surface area contributed by atoms with Gasteiger partial charge in [0.25, 0.3) is 0 Å². The zero-order chi connectivity index (χ0) is 21.3. The molecule has 0 radical (unpaired) electrons. The van der Waals surface area contributed by atoms with E-state index >= 15 is 0 Å². The van der Waals surface area contributed by atoms with Crippen LogP contribution in [0.4, 0.5) is 11.4 Å². The Morgan fingerprint density at radius 2 is 1.52 bits per heavy atom. The first-order valence-corrected chi connectivity index (χ1v) is 11.0. The molecular formula is C24H37ClN2O2. The predicted octanol–water partition coefficient (Wildman–Crippen LogP) is 5.52. The predicted molar refractivity (Wildman–Crippen MR) is 127 cm³/mol. The van der Waals surface area contributed by atoms with Crippen LogP contribution in [0.25, 0.3) is 0 Å².